The Morgan fingerprint density at radius 3 is 2.38 bits per heavy atom. The van der Waals surface area contributed by atoms with Crippen molar-refractivity contribution in [2.75, 3.05) is 39.1 Å². The van der Waals surface area contributed by atoms with Gasteiger partial charge in [0, 0.05) is 26.0 Å². The molecule has 1 aromatic carbocycles. The minimum absolute atomic E-state index is 0.488. The molecule has 0 unspecified atom stereocenters. The Bertz CT molecular complexity index is 340. The summed E-state index contributed by atoms with van der Waals surface area (Å²) in [7, 11) is 6.16. The first-order valence-corrected chi connectivity index (χ1v) is 6.16. The zero-order valence-corrected chi connectivity index (χ0v) is 11.5. The second kappa shape index (κ2) is 6.33. The molecule has 0 bridgehead atoms. The van der Waals surface area contributed by atoms with Crippen molar-refractivity contribution >= 4 is 28.9 Å². The summed E-state index contributed by atoms with van der Waals surface area (Å²) in [6.45, 7) is 1.92. The highest BCUT2D eigenvalue weighted by molar-refractivity contribution is 6.33. The molecular formula is C12H18Cl2N2. The van der Waals surface area contributed by atoms with Gasteiger partial charge < -0.3 is 9.80 Å². The number of nitrogens with zero attached hydrogens (tertiary/aromatic N) is 2. The van der Waals surface area contributed by atoms with Gasteiger partial charge in [0.2, 0.25) is 0 Å². The summed E-state index contributed by atoms with van der Waals surface area (Å²) in [6.07, 6.45) is 0. The normalized spacial score (nSPS) is 10.9. The van der Waals surface area contributed by atoms with Crippen molar-refractivity contribution in [3.63, 3.8) is 0 Å². The molecule has 0 aliphatic rings. The third kappa shape index (κ3) is 3.55. The lowest BCUT2D eigenvalue weighted by Crippen LogP contribution is -2.29. The average molecular weight is 261 g/mol. The molecule has 0 N–H and O–H groups in total. The van der Waals surface area contributed by atoms with Crippen LogP contribution in [0.25, 0.3) is 0 Å². The monoisotopic (exact) mass is 260 g/mol. The second-order valence-corrected chi connectivity index (χ2v) is 4.78. The summed E-state index contributed by atoms with van der Waals surface area (Å²) in [5.41, 5.74) is 2.12. The van der Waals surface area contributed by atoms with E-state index < -0.39 is 0 Å². The quantitative estimate of drug-likeness (QED) is 0.751. The molecule has 0 spiro atoms. The molecule has 1 rings (SSSR count). The predicted octanol–water partition coefficient (Wildman–Crippen LogP) is 3.08. The summed E-state index contributed by atoms with van der Waals surface area (Å²) >= 11 is 12.1. The van der Waals surface area contributed by atoms with Crippen molar-refractivity contribution in [2.24, 2.45) is 0 Å². The van der Waals surface area contributed by atoms with Gasteiger partial charge in [-0.2, -0.15) is 0 Å². The van der Waals surface area contributed by atoms with Crippen LogP contribution in [0.15, 0.2) is 18.2 Å². The van der Waals surface area contributed by atoms with Crippen LogP contribution in [-0.4, -0.2) is 39.1 Å². The van der Waals surface area contributed by atoms with E-state index in [0.717, 1.165) is 29.4 Å². The molecule has 0 heterocycles. The highest BCUT2D eigenvalue weighted by Crippen LogP contribution is 2.29. The van der Waals surface area contributed by atoms with Crippen LogP contribution in [0.1, 0.15) is 5.56 Å². The van der Waals surface area contributed by atoms with E-state index in [-0.39, 0.29) is 0 Å². The van der Waals surface area contributed by atoms with Gasteiger partial charge in [-0.3, -0.25) is 0 Å². The number of likely N-dealkylation sites (N-methyl/N-ethyl adjacent to an activating group) is 2. The van der Waals surface area contributed by atoms with Crippen molar-refractivity contribution in [3.8, 4) is 0 Å². The minimum atomic E-state index is 0.488. The maximum atomic E-state index is 6.20. The summed E-state index contributed by atoms with van der Waals surface area (Å²) in [5, 5.41) is 0.763. The van der Waals surface area contributed by atoms with E-state index in [1.54, 1.807) is 0 Å². The Labute approximate surface area is 108 Å². The lowest BCUT2D eigenvalue weighted by atomic mass is 10.2. The van der Waals surface area contributed by atoms with Crippen LogP contribution in [-0.2, 0) is 5.88 Å². The lowest BCUT2D eigenvalue weighted by Gasteiger charge is -2.24. The molecule has 0 saturated carbocycles. The van der Waals surface area contributed by atoms with Crippen molar-refractivity contribution < 1.29 is 0 Å². The molecule has 0 atom stereocenters. The lowest BCUT2D eigenvalue weighted by molar-refractivity contribution is 0.416. The van der Waals surface area contributed by atoms with Gasteiger partial charge in [0.05, 0.1) is 10.7 Å². The summed E-state index contributed by atoms with van der Waals surface area (Å²) in [6, 6.07) is 5.85. The zero-order chi connectivity index (χ0) is 12.1. The van der Waals surface area contributed by atoms with Crippen LogP contribution < -0.4 is 4.90 Å². The van der Waals surface area contributed by atoms with Crippen LogP contribution in [0, 0.1) is 0 Å². The molecule has 0 aliphatic carbocycles. The van der Waals surface area contributed by atoms with E-state index in [4.69, 9.17) is 23.2 Å². The molecule has 4 heteroatoms. The van der Waals surface area contributed by atoms with Gasteiger partial charge in [-0.05, 0) is 25.7 Å². The standard InChI is InChI=1S/C12H18Cl2N2/c1-15(2)7-8-16(3)12-10(9-13)5-4-6-11(12)14/h4-6H,7-9H2,1-3H3. The zero-order valence-electron chi connectivity index (χ0n) is 10.0. The Balaban J connectivity index is 2.84. The van der Waals surface area contributed by atoms with Gasteiger partial charge in [-0.1, -0.05) is 23.7 Å². The van der Waals surface area contributed by atoms with Gasteiger partial charge in [-0.15, -0.1) is 11.6 Å². The Morgan fingerprint density at radius 1 is 1.12 bits per heavy atom. The first kappa shape index (κ1) is 13.6. The number of rotatable bonds is 5. The molecule has 16 heavy (non-hydrogen) atoms. The largest absolute Gasteiger partial charge is 0.372 e. The van der Waals surface area contributed by atoms with Crippen LogP contribution in [0.2, 0.25) is 5.02 Å². The molecule has 0 saturated heterocycles. The van der Waals surface area contributed by atoms with E-state index >= 15 is 0 Å². The Hall–Kier alpha value is -0.440. The van der Waals surface area contributed by atoms with Gasteiger partial charge in [0.15, 0.2) is 0 Å². The highest BCUT2D eigenvalue weighted by atomic mass is 35.5. The van der Waals surface area contributed by atoms with Gasteiger partial charge in [-0.25, -0.2) is 0 Å². The van der Waals surface area contributed by atoms with E-state index in [2.05, 4.69) is 23.9 Å². The molecule has 1 aromatic rings. The van der Waals surface area contributed by atoms with Crippen LogP contribution >= 0.6 is 23.2 Å². The van der Waals surface area contributed by atoms with Gasteiger partial charge in [0.1, 0.15) is 0 Å². The Morgan fingerprint density at radius 2 is 1.81 bits per heavy atom. The molecule has 0 fully saturated rings. The molecule has 0 aliphatic heterocycles. The molecule has 0 amide bonds. The third-order valence-electron chi connectivity index (χ3n) is 2.48. The summed E-state index contributed by atoms with van der Waals surface area (Å²) in [5.74, 6) is 0.488. The number of hydrogen-bond acceptors (Lipinski definition) is 2. The second-order valence-electron chi connectivity index (χ2n) is 4.11. The number of alkyl halides is 1. The van der Waals surface area contributed by atoms with Crippen molar-refractivity contribution in [1.82, 2.24) is 4.90 Å². The number of anilines is 1. The number of hydrogen-bond donors (Lipinski definition) is 0. The highest BCUT2D eigenvalue weighted by Gasteiger charge is 2.10. The topological polar surface area (TPSA) is 6.48 Å². The van der Waals surface area contributed by atoms with Crippen molar-refractivity contribution in [3.05, 3.63) is 28.8 Å². The number of para-hydroxylation sites is 1. The van der Waals surface area contributed by atoms with E-state index in [9.17, 15) is 0 Å². The van der Waals surface area contributed by atoms with Crippen LogP contribution in [0.5, 0.6) is 0 Å². The minimum Gasteiger partial charge on any atom is -0.372 e. The average Bonchev–Trinajstić information content (AvgIpc) is 2.25. The predicted molar refractivity (Wildman–Crippen MR) is 72.8 cm³/mol. The number of benzene rings is 1. The maximum absolute atomic E-state index is 6.20. The SMILES string of the molecule is CN(C)CCN(C)c1c(Cl)cccc1CCl. The van der Waals surface area contributed by atoms with Crippen LogP contribution in [0.3, 0.4) is 0 Å². The maximum Gasteiger partial charge on any atom is 0.0642 e. The van der Waals surface area contributed by atoms with Gasteiger partial charge in [0.25, 0.3) is 0 Å². The van der Waals surface area contributed by atoms with E-state index in [1.165, 1.54) is 0 Å². The van der Waals surface area contributed by atoms with Crippen molar-refractivity contribution in [2.45, 2.75) is 5.88 Å². The summed E-state index contributed by atoms with van der Waals surface area (Å²) in [4.78, 5) is 4.30. The molecule has 0 radical (unpaired) electrons. The van der Waals surface area contributed by atoms with E-state index in [1.807, 2.05) is 25.2 Å². The molecule has 90 valence electrons. The first-order valence-electron chi connectivity index (χ1n) is 5.25. The Kier molecular flexibility index (Phi) is 5.39. The van der Waals surface area contributed by atoms with E-state index in [0.29, 0.717) is 5.88 Å². The fourth-order valence-corrected chi connectivity index (χ4v) is 2.11. The molecule has 0 aromatic heterocycles. The third-order valence-corrected chi connectivity index (χ3v) is 3.07. The van der Waals surface area contributed by atoms with Crippen molar-refractivity contribution in [1.29, 1.82) is 0 Å². The summed E-state index contributed by atoms with van der Waals surface area (Å²) < 4.78 is 0. The fraction of sp³-hybridized carbons (Fsp3) is 0.500. The van der Waals surface area contributed by atoms with Gasteiger partial charge >= 0.3 is 0 Å². The molecular weight excluding hydrogens is 243 g/mol. The number of halogens is 2. The first-order chi connectivity index (χ1) is 7.56. The smallest absolute Gasteiger partial charge is 0.0642 e. The van der Waals surface area contributed by atoms with Crippen LogP contribution in [0.4, 0.5) is 5.69 Å². The fourth-order valence-electron chi connectivity index (χ4n) is 1.56. The molecule has 2 nitrogen and oxygen atoms in total.